The van der Waals surface area contributed by atoms with E-state index in [0.29, 0.717) is 5.92 Å². The van der Waals surface area contributed by atoms with E-state index in [4.69, 9.17) is 4.74 Å². The van der Waals surface area contributed by atoms with Gasteiger partial charge in [-0.1, -0.05) is 13.8 Å². The predicted octanol–water partition coefficient (Wildman–Crippen LogP) is 3.26. The van der Waals surface area contributed by atoms with Crippen LogP contribution in [-0.2, 0) is 4.74 Å². The lowest BCUT2D eigenvalue weighted by Crippen LogP contribution is -2.19. The van der Waals surface area contributed by atoms with Crippen molar-refractivity contribution in [2.45, 2.75) is 52.8 Å². The first-order valence-corrected chi connectivity index (χ1v) is 4.84. The van der Waals surface area contributed by atoms with Crippen molar-refractivity contribution >= 4 is 0 Å². The molecule has 0 aromatic rings. The molecule has 0 aromatic carbocycles. The molecular formula is C10H22N2O. The fourth-order valence-corrected chi connectivity index (χ4v) is 1.01. The summed E-state index contributed by atoms with van der Waals surface area (Å²) in [5.41, 5.74) is -0.481. The molecule has 13 heavy (non-hydrogen) atoms. The highest BCUT2D eigenvalue weighted by atomic mass is 16.5. The summed E-state index contributed by atoms with van der Waals surface area (Å²) in [6.45, 7) is 10.3. The Morgan fingerprint density at radius 3 is 2.15 bits per heavy atom. The van der Waals surface area contributed by atoms with Crippen LogP contribution in [0.2, 0.25) is 0 Å². The number of nitrogens with zero attached hydrogens (tertiary/aromatic N) is 2. The van der Waals surface area contributed by atoms with E-state index in [1.54, 1.807) is 7.11 Å². The van der Waals surface area contributed by atoms with Crippen LogP contribution in [0.15, 0.2) is 10.2 Å². The molecule has 0 heterocycles. The topological polar surface area (TPSA) is 34.0 Å². The molecule has 0 aliphatic heterocycles. The summed E-state index contributed by atoms with van der Waals surface area (Å²) in [5, 5.41) is 8.34. The lowest BCUT2D eigenvalue weighted by molar-refractivity contribution is 0.0229. The molecule has 0 rings (SSSR count). The average Bonchev–Trinajstić information content (AvgIpc) is 2.00. The van der Waals surface area contributed by atoms with Crippen molar-refractivity contribution in [2.24, 2.45) is 16.1 Å². The van der Waals surface area contributed by atoms with E-state index in [2.05, 4.69) is 31.0 Å². The van der Waals surface area contributed by atoms with Crippen LogP contribution in [0.1, 0.15) is 41.0 Å². The summed E-state index contributed by atoms with van der Waals surface area (Å²) < 4.78 is 5.13. The van der Waals surface area contributed by atoms with Gasteiger partial charge in [0.2, 0.25) is 0 Å². The SMILES string of the molecule is COC(C)(C)N=NC(C)CC(C)C. The molecule has 0 saturated carbocycles. The molecule has 0 amide bonds. The lowest BCUT2D eigenvalue weighted by Gasteiger charge is -2.16. The maximum atomic E-state index is 5.13. The number of ether oxygens (including phenoxy) is 1. The maximum Gasteiger partial charge on any atom is 0.172 e. The van der Waals surface area contributed by atoms with Crippen LogP contribution < -0.4 is 0 Å². The number of methoxy groups -OCH3 is 1. The van der Waals surface area contributed by atoms with Crippen molar-refractivity contribution in [1.82, 2.24) is 0 Å². The molecule has 0 N–H and O–H groups in total. The van der Waals surface area contributed by atoms with Crippen LogP contribution in [0.3, 0.4) is 0 Å². The maximum absolute atomic E-state index is 5.13. The zero-order valence-electron chi connectivity index (χ0n) is 9.66. The minimum absolute atomic E-state index is 0.287. The molecular weight excluding hydrogens is 164 g/mol. The standard InChI is InChI=1S/C10H22N2O/c1-8(2)7-9(3)11-12-10(4,5)13-6/h8-9H,7H2,1-6H3. The van der Waals surface area contributed by atoms with Crippen LogP contribution in [-0.4, -0.2) is 18.9 Å². The van der Waals surface area contributed by atoms with E-state index in [1.165, 1.54) is 0 Å². The molecule has 1 unspecified atom stereocenters. The van der Waals surface area contributed by atoms with Gasteiger partial charge in [0, 0.05) is 7.11 Å². The number of azo groups is 1. The van der Waals surface area contributed by atoms with E-state index in [1.807, 2.05) is 13.8 Å². The molecule has 0 saturated heterocycles. The largest absolute Gasteiger partial charge is 0.356 e. The third-order valence-corrected chi connectivity index (χ3v) is 1.81. The van der Waals surface area contributed by atoms with Crippen LogP contribution in [0.25, 0.3) is 0 Å². The van der Waals surface area contributed by atoms with Gasteiger partial charge >= 0.3 is 0 Å². The van der Waals surface area contributed by atoms with E-state index in [9.17, 15) is 0 Å². The molecule has 0 aliphatic rings. The summed E-state index contributed by atoms with van der Waals surface area (Å²) in [7, 11) is 1.64. The molecule has 0 spiro atoms. The average molecular weight is 186 g/mol. The lowest BCUT2D eigenvalue weighted by atomic mass is 10.1. The Hall–Kier alpha value is -0.440. The van der Waals surface area contributed by atoms with Crippen molar-refractivity contribution in [2.75, 3.05) is 7.11 Å². The van der Waals surface area contributed by atoms with Gasteiger partial charge in [0.1, 0.15) is 0 Å². The molecule has 1 atom stereocenters. The molecule has 0 aromatic heterocycles. The van der Waals surface area contributed by atoms with Crippen LogP contribution in [0.5, 0.6) is 0 Å². The fraction of sp³-hybridized carbons (Fsp3) is 1.00. The number of hydrogen-bond acceptors (Lipinski definition) is 3. The predicted molar refractivity (Wildman–Crippen MR) is 54.9 cm³/mol. The van der Waals surface area contributed by atoms with Gasteiger partial charge in [-0.25, -0.2) is 0 Å². The summed E-state index contributed by atoms with van der Waals surface area (Å²) in [5.74, 6) is 0.666. The van der Waals surface area contributed by atoms with E-state index in [-0.39, 0.29) is 6.04 Å². The Bertz CT molecular complexity index is 164. The Morgan fingerprint density at radius 1 is 1.23 bits per heavy atom. The van der Waals surface area contributed by atoms with Crippen molar-refractivity contribution in [1.29, 1.82) is 0 Å². The monoisotopic (exact) mass is 186 g/mol. The minimum Gasteiger partial charge on any atom is -0.356 e. The van der Waals surface area contributed by atoms with Crippen LogP contribution in [0.4, 0.5) is 0 Å². The van der Waals surface area contributed by atoms with E-state index >= 15 is 0 Å². The van der Waals surface area contributed by atoms with Crippen molar-refractivity contribution in [3.05, 3.63) is 0 Å². The van der Waals surface area contributed by atoms with Gasteiger partial charge in [-0.05, 0) is 33.1 Å². The number of rotatable bonds is 5. The Balaban J connectivity index is 3.96. The Morgan fingerprint density at radius 2 is 1.77 bits per heavy atom. The summed E-state index contributed by atoms with van der Waals surface area (Å²) in [4.78, 5) is 0. The Labute approximate surface area is 81.6 Å². The molecule has 0 bridgehead atoms. The summed E-state index contributed by atoms with van der Waals surface area (Å²) in [6, 6.07) is 0.287. The minimum atomic E-state index is -0.481. The second kappa shape index (κ2) is 5.32. The zero-order chi connectivity index (χ0) is 10.5. The first kappa shape index (κ1) is 12.6. The molecule has 3 nitrogen and oxygen atoms in total. The van der Waals surface area contributed by atoms with Gasteiger partial charge in [0.05, 0.1) is 6.04 Å². The van der Waals surface area contributed by atoms with Crippen molar-refractivity contribution in [3.8, 4) is 0 Å². The molecule has 0 aliphatic carbocycles. The molecule has 0 radical (unpaired) electrons. The highest BCUT2D eigenvalue weighted by Gasteiger charge is 2.14. The van der Waals surface area contributed by atoms with E-state index in [0.717, 1.165) is 6.42 Å². The smallest absolute Gasteiger partial charge is 0.172 e. The van der Waals surface area contributed by atoms with Gasteiger partial charge in [0.25, 0.3) is 0 Å². The third kappa shape index (κ3) is 6.70. The molecule has 3 heteroatoms. The van der Waals surface area contributed by atoms with Crippen molar-refractivity contribution < 1.29 is 4.74 Å². The van der Waals surface area contributed by atoms with Gasteiger partial charge in [0.15, 0.2) is 5.72 Å². The normalized spacial score (nSPS) is 15.6. The summed E-state index contributed by atoms with van der Waals surface area (Å²) in [6.07, 6.45) is 1.07. The van der Waals surface area contributed by atoms with Gasteiger partial charge < -0.3 is 4.74 Å². The van der Waals surface area contributed by atoms with Crippen LogP contribution in [0, 0.1) is 5.92 Å². The second-order valence-electron chi connectivity index (χ2n) is 4.34. The van der Waals surface area contributed by atoms with Crippen LogP contribution >= 0.6 is 0 Å². The number of hydrogen-bond donors (Lipinski definition) is 0. The van der Waals surface area contributed by atoms with E-state index < -0.39 is 5.72 Å². The fourth-order valence-electron chi connectivity index (χ4n) is 1.01. The van der Waals surface area contributed by atoms with Gasteiger partial charge in [-0.3, -0.25) is 0 Å². The van der Waals surface area contributed by atoms with Gasteiger partial charge in [-0.2, -0.15) is 10.2 Å². The third-order valence-electron chi connectivity index (χ3n) is 1.81. The first-order valence-electron chi connectivity index (χ1n) is 4.84. The van der Waals surface area contributed by atoms with Gasteiger partial charge in [-0.15, -0.1) is 0 Å². The molecule has 78 valence electrons. The van der Waals surface area contributed by atoms with Crippen molar-refractivity contribution in [3.63, 3.8) is 0 Å². The highest BCUT2D eigenvalue weighted by Crippen LogP contribution is 2.13. The Kier molecular flexibility index (Phi) is 5.14. The zero-order valence-corrected chi connectivity index (χ0v) is 9.66. The highest BCUT2D eigenvalue weighted by molar-refractivity contribution is 4.65. The summed E-state index contributed by atoms with van der Waals surface area (Å²) >= 11 is 0. The first-order chi connectivity index (χ1) is 5.87. The molecule has 0 fully saturated rings. The quantitative estimate of drug-likeness (QED) is 0.607. The second-order valence-corrected chi connectivity index (χ2v) is 4.34.